The first-order valence-corrected chi connectivity index (χ1v) is 7.03. The maximum atomic E-state index is 12.0. The minimum atomic E-state index is -1.24. The average molecular weight is 334 g/mol. The van der Waals surface area contributed by atoms with Gasteiger partial charge in [-0.05, 0) is 29.3 Å². The fourth-order valence-corrected chi connectivity index (χ4v) is 1.84. The zero-order chi connectivity index (χ0) is 14.5. The molecule has 0 bridgehead atoms. The van der Waals surface area contributed by atoms with E-state index < -0.39 is 5.60 Å². The average Bonchev–Trinajstić information content (AvgIpc) is 2.39. The van der Waals surface area contributed by atoms with Crippen molar-refractivity contribution in [2.75, 3.05) is 18.5 Å². The molecule has 0 saturated heterocycles. The van der Waals surface area contributed by atoms with Crippen molar-refractivity contribution in [2.45, 2.75) is 38.8 Å². The molecule has 1 unspecified atom stereocenters. The van der Waals surface area contributed by atoms with Crippen molar-refractivity contribution < 1.29 is 10.2 Å². The Bertz CT molecular complexity index is 474. The van der Waals surface area contributed by atoms with Gasteiger partial charge in [0.25, 0.3) is 5.56 Å². The lowest BCUT2D eigenvalue weighted by atomic mass is 10.1. The normalized spacial score (nSPS) is 14.2. The number of hydrogen-bond donors (Lipinski definition) is 3. The Morgan fingerprint density at radius 1 is 1.58 bits per heavy atom. The van der Waals surface area contributed by atoms with Crippen LogP contribution in [0, 0.1) is 0 Å². The Morgan fingerprint density at radius 2 is 2.26 bits per heavy atom. The predicted molar refractivity (Wildman–Crippen MR) is 77.3 cm³/mol. The number of unbranched alkanes of at least 4 members (excludes halogenated alkanes) is 1. The van der Waals surface area contributed by atoms with Crippen molar-refractivity contribution >= 4 is 21.6 Å². The van der Waals surface area contributed by atoms with Crippen molar-refractivity contribution in [1.82, 2.24) is 9.78 Å². The molecule has 1 rings (SSSR count). The molecule has 108 valence electrons. The molecule has 0 spiro atoms. The van der Waals surface area contributed by atoms with Crippen LogP contribution in [0.4, 0.5) is 5.69 Å². The van der Waals surface area contributed by atoms with Gasteiger partial charge in [0.1, 0.15) is 10.1 Å². The highest BCUT2D eigenvalue weighted by atomic mass is 79.9. The van der Waals surface area contributed by atoms with E-state index in [0.29, 0.717) is 16.7 Å². The highest BCUT2D eigenvalue weighted by Gasteiger charge is 2.19. The first-order valence-electron chi connectivity index (χ1n) is 6.24. The third-order valence-electron chi connectivity index (χ3n) is 2.71. The number of halogens is 1. The predicted octanol–water partition coefficient (Wildman–Crippen LogP) is 0.961. The summed E-state index contributed by atoms with van der Waals surface area (Å²) in [6.45, 7) is 3.90. The molecule has 0 aliphatic rings. The maximum Gasteiger partial charge on any atom is 0.283 e. The molecule has 1 aromatic rings. The SMILES string of the molecule is CCCCn1ncc(NCC(C)(O)CO)c(Br)c1=O. The van der Waals surface area contributed by atoms with Crippen molar-refractivity contribution in [1.29, 1.82) is 0 Å². The monoisotopic (exact) mass is 333 g/mol. The molecule has 1 heterocycles. The molecule has 0 radical (unpaired) electrons. The first kappa shape index (κ1) is 16.1. The number of nitrogens with zero attached hydrogens (tertiary/aromatic N) is 2. The van der Waals surface area contributed by atoms with E-state index in [0.717, 1.165) is 12.8 Å². The number of aliphatic hydroxyl groups excluding tert-OH is 1. The largest absolute Gasteiger partial charge is 0.393 e. The fraction of sp³-hybridized carbons (Fsp3) is 0.667. The molecule has 7 heteroatoms. The van der Waals surface area contributed by atoms with Crippen LogP contribution in [0.3, 0.4) is 0 Å². The van der Waals surface area contributed by atoms with Crippen LogP contribution >= 0.6 is 15.9 Å². The summed E-state index contributed by atoms with van der Waals surface area (Å²) >= 11 is 3.23. The zero-order valence-electron chi connectivity index (χ0n) is 11.2. The van der Waals surface area contributed by atoms with Crippen molar-refractivity contribution in [3.05, 3.63) is 21.0 Å². The lowest BCUT2D eigenvalue weighted by Gasteiger charge is -2.21. The van der Waals surface area contributed by atoms with Gasteiger partial charge in [-0.2, -0.15) is 5.10 Å². The lowest BCUT2D eigenvalue weighted by molar-refractivity contribution is 0.0132. The second kappa shape index (κ2) is 7.02. The standard InChI is InChI=1S/C12H20BrN3O3/c1-3-4-5-16-11(18)10(13)9(6-15-16)14-7-12(2,19)8-17/h6,14,17,19H,3-5,7-8H2,1-2H3. The van der Waals surface area contributed by atoms with Gasteiger partial charge in [0, 0.05) is 13.1 Å². The van der Waals surface area contributed by atoms with Gasteiger partial charge in [-0.25, -0.2) is 4.68 Å². The number of aryl methyl sites for hydroxylation is 1. The molecule has 0 fully saturated rings. The zero-order valence-corrected chi connectivity index (χ0v) is 12.8. The van der Waals surface area contributed by atoms with Gasteiger partial charge in [0.05, 0.1) is 18.5 Å². The minimum Gasteiger partial charge on any atom is -0.393 e. The Labute approximate surface area is 120 Å². The summed E-state index contributed by atoms with van der Waals surface area (Å²) in [5, 5.41) is 25.6. The molecular weight excluding hydrogens is 314 g/mol. The fourth-order valence-electron chi connectivity index (χ4n) is 1.40. The number of rotatable bonds is 7. The van der Waals surface area contributed by atoms with Crippen LogP contribution in [-0.4, -0.2) is 38.7 Å². The number of aromatic nitrogens is 2. The molecular formula is C12H20BrN3O3. The molecule has 3 N–H and O–H groups in total. The molecule has 0 amide bonds. The molecule has 19 heavy (non-hydrogen) atoms. The lowest BCUT2D eigenvalue weighted by Crippen LogP contribution is -2.37. The van der Waals surface area contributed by atoms with Crippen molar-refractivity contribution in [2.24, 2.45) is 0 Å². The molecule has 6 nitrogen and oxygen atoms in total. The highest BCUT2D eigenvalue weighted by Crippen LogP contribution is 2.17. The van der Waals surface area contributed by atoms with Crippen molar-refractivity contribution in [3.8, 4) is 0 Å². The second-order valence-electron chi connectivity index (χ2n) is 4.76. The summed E-state index contributed by atoms with van der Waals surface area (Å²) in [5.74, 6) is 0. The van der Waals surface area contributed by atoms with Crippen LogP contribution in [0.25, 0.3) is 0 Å². The van der Waals surface area contributed by atoms with Crippen LogP contribution in [0.2, 0.25) is 0 Å². The van der Waals surface area contributed by atoms with Gasteiger partial charge in [-0.3, -0.25) is 4.79 Å². The third kappa shape index (κ3) is 4.59. The molecule has 1 aromatic heterocycles. The molecule has 0 saturated carbocycles. The second-order valence-corrected chi connectivity index (χ2v) is 5.56. The first-order chi connectivity index (χ1) is 8.91. The molecule has 0 aliphatic heterocycles. The van der Waals surface area contributed by atoms with Gasteiger partial charge in [-0.1, -0.05) is 13.3 Å². The van der Waals surface area contributed by atoms with E-state index in [1.165, 1.54) is 17.8 Å². The van der Waals surface area contributed by atoms with Crippen LogP contribution < -0.4 is 10.9 Å². The summed E-state index contributed by atoms with van der Waals surface area (Å²) in [5.41, 5.74) is -0.940. The highest BCUT2D eigenvalue weighted by molar-refractivity contribution is 9.10. The maximum absolute atomic E-state index is 12.0. The summed E-state index contributed by atoms with van der Waals surface area (Å²) in [7, 11) is 0. The van der Waals surface area contributed by atoms with E-state index in [-0.39, 0.29) is 18.7 Å². The van der Waals surface area contributed by atoms with E-state index in [1.54, 1.807) is 0 Å². The Morgan fingerprint density at radius 3 is 2.84 bits per heavy atom. The molecule has 0 aliphatic carbocycles. The molecule has 0 aromatic carbocycles. The van der Waals surface area contributed by atoms with Crippen LogP contribution in [-0.2, 0) is 6.54 Å². The van der Waals surface area contributed by atoms with Crippen LogP contribution in [0.1, 0.15) is 26.7 Å². The van der Waals surface area contributed by atoms with Gasteiger partial charge in [-0.15, -0.1) is 0 Å². The quantitative estimate of drug-likeness (QED) is 0.691. The summed E-state index contributed by atoms with van der Waals surface area (Å²) in [6, 6.07) is 0. The van der Waals surface area contributed by atoms with Gasteiger partial charge in [0.15, 0.2) is 0 Å². The van der Waals surface area contributed by atoms with Gasteiger partial charge < -0.3 is 15.5 Å². The number of hydrogen-bond acceptors (Lipinski definition) is 5. The van der Waals surface area contributed by atoms with E-state index in [1.807, 2.05) is 6.92 Å². The Balaban J connectivity index is 2.82. The molecule has 1 atom stereocenters. The summed E-state index contributed by atoms with van der Waals surface area (Å²) in [6.07, 6.45) is 3.42. The number of nitrogens with one attached hydrogen (secondary N) is 1. The summed E-state index contributed by atoms with van der Waals surface area (Å²) in [4.78, 5) is 12.0. The summed E-state index contributed by atoms with van der Waals surface area (Å²) < 4.78 is 1.79. The third-order valence-corrected chi connectivity index (χ3v) is 3.48. The van der Waals surface area contributed by atoms with E-state index in [4.69, 9.17) is 5.11 Å². The van der Waals surface area contributed by atoms with Crippen LogP contribution in [0.5, 0.6) is 0 Å². The minimum absolute atomic E-state index is 0.127. The number of anilines is 1. The van der Waals surface area contributed by atoms with Gasteiger partial charge in [0.2, 0.25) is 0 Å². The Hall–Kier alpha value is -0.920. The van der Waals surface area contributed by atoms with E-state index in [9.17, 15) is 9.90 Å². The topological polar surface area (TPSA) is 87.4 Å². The van der Waals surface area contributed by atoms with Gasteiger partial charge >= 0.3 is 0 Å². The number of aliphatic hydroxyl groups is 2. The van der Waals surface area contributed by atoms with E-state index >= 15 is 0 Å². The Kier molecular flexibility index (Phi) is 5.96. The van der Waals surface area contributed by atoms with E-state index in [2.05, 4.69) is 26.3 Å². The van der Waals surface area contributed by atoms with Crippen LogP contribution in [0.15, 0.2) is 15.5 Å². The smallest absolute Gasteiger partial charge is 0.283 e. The van der Waals surface area contributed by atoms with Crippen molar-refractivity contribution in [3.63, 3.8) is 0 Å².